The summed E-state index contributed by atoms with van der Waals surface area (Å²) in [6.45, 7) is 0. The van der Waals surface area contributed by atoms with Crippen LogP contribution in [0.1, 0.15) is 16.5 Å². The van der Waals surface area contributed by atoms with E-state index in [0.717, 1.165) is 22.7 Å². The summed E-state index contributed by atoms with van der Waals surface area (Å²) in [6.07, 6.45) is 0. The Morgan fingerprint density at radius 1 is 1.00 bits per heavy atom. The van der Waals surface area contributed by atoms with Gasteiger partial charge in [-0.15, -0.1) is 11.6 Å². The van der Waals surface area contributed by atoms with E-state index in [-0.39, 0.29) is 5.56 Å². The average Bonchev–Trinajstić information content (AvgIpc) is 2.31. The van der Waals surface area contributed by atoms with Gasteiger partial charge in [0.05, 0.1) is 5.38 Å². The largest absolute Gasteiger partial charge is 0.207 e. The summed E-state index contributed by atoms with van der Waals surface area (Å²) < 4.78 is 27.5. The van der Waals surface area contributed by atoms with Crippen molar-refractivity contribution in [1.82, 2.24) is 0 Å². The predicted octanol–water partition coefficient (Wildman–Crippen LogP) is 5.71. The molecule has 0 bridgehead atoms. The Balaban J connectivity index is 2.47. The van der Waals surface area contributed by atoms with Crippen LogP contribution in [0, 0.1) is 11.6 Å². The summed E-state index contributed by atoms with van der Waals surface area (Å²) in [5.41, 5.74) is 0.604. The van der Waals surface area contributed by atoms with E-state index < -0.39 is 17.0 Å². The summed E-state index contributed by atoms with van der Waals surface area (Å²) >= 11 is 15.5. The summed E-state index contributed by atoms with van der Waals surface area (Å²) in [5, 5.41) is -0.436. The standard InChI is InChI=1S/C13H7BrCl2F2/c14-7-1-3-9(11(15)5-7)13(16)10-6-8(17)2-4-12(10)18/h1-6,13H. The number of alkyl halides is 1. The minimum atomic E-state index is -0.832. The lowest BCUT2D eigenvalue weighted by Crippen LogP contribution is -1.99. The monoisotopic (exact) mass is 350 g/mol. The number of halogens is 5. The molecule has 0 amide bonds. The molecule has 2 rings (SSSR count). The van der Waals surface area contributed by atoms with Gasteiger partial charge in [0.2, 0.25) is 0 Å². The Kier molecular flexibility index (Phi) is 4.25. The molecule has 0 radical (unpaired) electrons. The topological polar surface area (TPSA) is 0 Å². The van der Waals surface area contributed by atoms with Crippen LogP contribution < -0.4 is 0 Å². The Morgan fingerprint density at radius 3 is 2.39 bits per heavy atom. The molecule has 0 N–H and O–H groups in total. The molecule has 0 aliphatic rings. The van der Waals surface area contributed by atoms with Crippen LogP contribution in [0.5, 0.6) is 0 Å². The molecule has 0 saturated carbocycles. The fraction of sp³-hybridized carbons (Fsp3) is 0.0769. The Labute approximate surface area is 122 Å². The van der Waals surface area contributed by atoms with Gasteiger partial charge in [0.25, 0.3) is 0 Å². The number of benzene rings is 2. The van der Waals surface area contributed by atoms with Crippen molar-refractivity contribution >= 4 is 39.1 Å². The quantitative estimate of drug-likeness (QED) is 0.608. The van der Waals surface area contributed by atoms with E-state index >= 15 is 0 Å². The van der Waals surface area contributed by atoms with Gasteiger partial charge >= 0.3 is 0 Å². The molecule has 0 spiro atoms. The second-order valence-electron chi connectivity index (χ2n) is 3.69. The average molecular weight is 352 g/mol. The van der Waals surface area contributed by atoms with Gasteiger partial charge in [-0.2, -0.15) is 0 Å². The van der Waals surface area contributed by atoms with Gasteiger partial charge < -0.3 is 0 Å². The minimum Gasteiger partial charge on any atom is -0.207 e. The summed E-state index contributed by atoms with van der Waals surface area (Å²) in [5.74, 6) is -1.10. The fourth-order valence-electron chi connectivity index (χ4n) is 1.58. The molecule has 94 valence electrons. The molecule has 0 nitrogen and oxygen atoms in total. The van der Waals surface area contributed by atoms with Crippen LogP contribution in [0.2, 0.25) is 5.02 Å². The second kappa shape index (κ2) is 5.55. The third-order valence-electron chi connectivity index (χ3n) is 2.47. The molecule has 0 aliphatic heterocycles. The van der Waals surface area contributed by atoms with Crippen LogP contribution in [-0.4, -0.2) is 0 Å². The predicted molar refractivity (Wildman–Crippen MR) is 73.2 cm³/mol. The SMILES string of the molecule is Fc1ccc(F)c(C(Cl)c2ccc(Br)cc2Cl)c1. The highest BCUT2D eigenvalue weighted by atomic mass is 79.9. The van der Waals surface area contributed by atoms with Crippen molar-refractivity contribution in [1.29, 1.82) is 0 Å². The molecule has 0 aliphatic carbocycles. The van der Waals surface area contributed by atoms with Crippen LogP contribution in [0.15, 0.2) is 40.9 Å². The molecule has 0 saturated heterocycles. The van der Waals surface area contributed by atoms with Crippen molar-refractivity contribution in [2.45, 2.75) is 5.38 Å². The molecular weight excluding hydrogens is 345 g/mol. The zero-order chi connectivity index (χ0) is 13.3. The maximum Gasteiger partial charge on any atom is 0.128 e. The van der Waals surface area contributed by atoms with Crippen molar-refractivity contribution in [3.8, 4) is 0 Å². The van der Waals surface area contributed by atoms with Crippen molar-refractivity contribution in [2.24, 2.45) is 0 Å². The number of hydrogen-bond donors (Lipinski definition) is 0. The molecule has 1 unspecified atom stereocenters. The second-order valence-corrected chi connectivity index (χ2v) is 5.45. The van der Waals surface area contributed by atoms with E-state index in [9.17, 15) is 8.78 Å². The first kappa shape index (κ1) is 13.8. The summed E-state index contributed by atoms with van der Waals surface area (Å²) in [7, 11) is 0. The van der Waals surface area contributed by atoms with Crippen LogP contribution in [0.3, 0.4) is 0 Å². The zero-order valence-electron chi connectivity index (χ0n) is 8.93. The first-order chi connectivity index (χ1) is 8.49. The van der Waals surface area contributed by atoms with Gasteiger partial charge in [-0.3, -0.25) is 0 Å². The van der Waals surface area contributed by atoms with E-state index in [1.807, 2.05) is 0 Å². The maximum atomic E-state index is 13.6. The van der Waals surface area contributed by atoms with E-state index in [0.29, 0.717) is 10.6 Å². The van der Waals surface area contributed by atoms with Crippen molar-refractivity contribution in [2.75, 3.05) is 0 Å². The Hall–Kier alpha value is -0.640. The molecule has 18 heavy (non-hydrogen) atoms. The molecule has 2 aromatic carbocycles. The number of rotatable bonds is 2. The van der Waals surface area contributed by atoms with Crippen LogP contribution >= 0.6 is 39.1 Å². The first-order valence-corrected chi connectivity index (χ1v) is 6.63. The zero-order valence-corrected chi connectivity index (χ0v) is 12.0. The van der Waals surface area contributed by atoms with Crippen molar-refractivity contribution in [3.63, 3.8) is 0 Å². The highest BCUT2D eigenvalue weighted by Gasteiger charge is 2.18. The normalized spacial score (nSPS) is 12.5. The molecule has 0 aromatic heterocycles. The van der Waals surface area contributed by atoms with Gasteiger partial charge in [0.15, 0.2) is 0 Å². The fourth-order valence-corrected chi connectivity index (χ4v) is 2.78. The van der Waals surface area contributed by atoms with Gasteiger partial charge in [-0.1, -0.05) is 33.6 Å². The van der Waals surface area contributed by atoms with Gasteiger partial charge in [-0.05, 0) is 35.9 Å². The lowest BCUT2D eigenvalue weighted by atomic mass is 10.0. The highest BCUT2D eigenvalue weighted by Crippen LogP contribution is 2.36. The van der Waals surface area contributed by atoms with E-state index in [4.69, 9.17) is 23.2 Å². The van der Waals surface area contributed by atoms with E-state index in [1.54, 1.807) is 18.2 Å². The number of hydrogen-bond acceptors (Lipinski definition) is 0. The lowest BCUT2D eigenvalue weighted by Gasteiger charge is -2.13. The smallest absolute Gasteiger partial charge is 0.128 e. The lowest BCUT2D eigenvalue weighted by molar-refractivity contribution is 0.587. The molecule has 0 fully saturated rings. The molecular formula is C13H7BrCl2F2. The van der Waals surface area contributed by atoms with Crippen LogP contribution in [0.25, 0.3) is 0 Å². The highest BCUT2D eigenvalue weighted by molar-refractivity contribution is 9.10. The molecule has 0 heterocycles. The molecule has 5 heteroatoms. The third kappa shape index (κ3) is 2.85. The summed E-state index contributed by atoms with van der Waals surface area (Å²) in [6, 6.07) is 8.25. The van der Waals surface area contributed by atoms with E-state index in [2.05, 4.69) is 15.9 Å². The van der Waals surface area contributed by atoms with Gasteiger partial charge in [0, 0.05) is 15.1 Å². The third-order valence-corrected chi connectivity index (χ3v) is 3.76. The summed E-state index contributed by atoms with van der Waals surface area (Å²) in [4.78, 5) is 0. The molecule has 2 aromatic rings. The van der Waals surface area contributed by atoms with Crippen molar-refractivity contribution < 1.29 is 8.78 Å². The molecule has 1 atom stereocenters. The van der Waals surface area contributed by atoms with Crippen molar-refractivity contribution in [3.05, 3.63) is 68.7 Å². The minimum absolute atomic E-state index is 0.0703. The van der Waals surface area contributed by atoms with Crippen LogP contribution in [-0.2, 0) is 0 Å². The van der Waals surface area contributed by atoms with Gasteiger partial charge in [0.1, 0.15) is 11.6 Å². The Morgan fingerprint density at radius 2 is 1.72 bits per heavy atom. The van der Waals surface area contributed by atoms with Crippen LogP contribution in [0.4, 0.5) is 8.78 Å². The van der Waals surface area contributed by atoms with Gasteiger partial charge in [-0.25, -0.2) is 8.78 Å². The van der Waals surface area contributed by atoms with E-state index in [1.165, 1.54) is 0 Å². The first-order valence-electron chi connectivity index (χ1n) is 5.03. The maximum absolute atomic E-state index is 13.6. The Bertz CT molecular complexity index is 587.